The lowest BCUT2D eigenvalue weighted by molar-refractivity contribution is -0.113. The number of rotatable bonds is 7. The van der Waals surface area contributed by atoms with E-state index in [4.69, 9.17) is 0 Å². The van der Waals surface area contributed by atoms with Gasteiger partial charge in [-0.2, -0.15) is 0 Å². The van der Waals surface area contributed by atoms with Crippen LogP contribution in [0.4, 0.5) is 10.1 Å². The van der Waals surface area contributed by atoms with Crippen LogP contribution in [0.5, 0.6) is 0 Å². The number of halogens is 2. The summed E-state index contributed by atoms with van der Waals surface area (Å²) in [7, 11) is 0. The summed E-state index contributed by atoms with van der Waals surface area (Å²) in [4.78, 5) is 12.4. The molecule has 0 spiro atoms. The fourth-order valence-electron chi connectivity index (χ4n) is 3.03. The van der Waals surface area contributed by atoms with Crippen molar-refractivity contribution in [3.05, 3.63) is 101 Å². The van der Waals surface area contributed by atoms with Gasteiger partial charge in [-0.05, 0) is 35.9 Å². The first-order valence-electron chi connectivity index (χ1n) is 9.51. The quantitative estimate of drug-likeness (QED) is 0.343. The SMILES string of the molecule is O=C(CSc1nnc(Cc2ccccc2)n1-c1ccccc1)Nc1ccc(Br)cc1F. The molecular formula is C23H18BrFN4OS. The molecule has 0 aliphatic carbocycles. The van der Waals surface area contributed by atoms with Crippen LogP contribution in [-0.4, -0.2) is 26.4 Å². The summed E-state index contributed by atoms with van der Waals surface area (Å²) < 4.78 is 16.6. The number of amides is 1. The highest BCUT2D eigenvalue weighted by Crippen LogP contribution is 2.24. The van der Waals surface area contributed by atoms with E-state index < -0.39 is 5.82 Å². The van der Waals surface area contributed by atoms with Gasteiger partial charge >= 0.3 is 0 Å². The van der Waals surface area contributed by atoms with Gasteiger partial charge in [-0.3, -0.25) is 9.36 Å². The van der Waals surface area contributed by atoms with E-state index in [0.717, 1.165) is 17.1 Å². The summed E-state index contributed by atoms with van der Waals surface area (Å²) in [5.74, 6) is 0.0363. The predicted octanol–water partition coefficient (Wildman–Crippen LogP) is 5.49. The zero-order chi connectivity index (χ0) is 21.6. The minimum atomic E-state index is -0.495. The Morgan fingerprint density at radius 3 is 2.42 bits per heavy atom. The molecule has 0 saturated heterocycles. The predicted molar refractivity (Wildman–Crippen MR) is 124 cm³/mol. The van der Waals surface area contributed by atoms with Gasteiger partial charge in [0.25, 0.3) is 0 Å². The third-order valence-corrected chi connectivity index (χ3v) is 5.88. The van der Waals surface area contributed by atoms with Crippen LogP contribution in [0.1, 0.15) is 11.4 Å². The molecule has 0 aliphatic rings. The van der Waals surface area contributed by atoms with E-state index in [9.17, 15) is 9.18 Å². The zero-order valence-electron chi connectivity index (χ0n) is 16.3. The third kappa shape index (κ3) is 5.39. The molecule has 1 amide bonds. The summed E-state index contributed by atoms with van der Waals surface area (Å²) in [6.45, 7) is 0. The summed E-state index contributed by atoms with van der Waals surface area (Å²) in [5, 5.41) is 11.9. The van der Waals surface area contributed by atoms with Crippen LogP contribution < -0.4 is 5.32 Å². The van der Waals surface area contributed by atoms with Crippen LogP contribution in [0.2, 0.25) is 0 Å². The maximum atomic E-state index is 14.0. The number of carbonyl (C=O) groups excluding carboxylic acids is 1. The lowest BCUT2D eigenvalue weighted by atomic mass is 10.1. The van der Waals surface area contributed by atoms with E-state index in [1.54, 1.807) is 6.07 Å². The Bertz CT molecular complexity index is 1180. The highest BCUT2D eigenvalue weighted by atomic mass is 79.9. The van der Waals surface area contributed by atoms with Gasteiger partial charge in [0.05, 0.1) is 11.4 Å². The fraction of sp³-hybridized carbons (Fsp3) is 0.0870. The lowest BCUT2D eigenvalue weighted by Gasteiger charge is -2.11. The molecule has 0 bridgehead atoms. The van der Waals surface area contributed by atoms with Crippen molar-refractivity contribution in [2.45, 2.75) is 11.6 Å². The average Bonchev–Trinajstić information content (AvgIpc) is 3.18. The van der Waals surface area contributed by atoms with Crippen LogP contribution in [0.25, 0.3) is 5.69 Å². The molecule has 1 aromatic heterocycles. The number of anilines is 1. The summed E-state index contributed by atoms with van der Waals surface area (Å²) in [6.07, 6.45) is 0.611. The maximum Gasteiger partial charge on any atom is 0.234 e. The second kappa shape index (κ2) is 9.89. The average molecular weight is 497 g/mol. The van der Waals surface area contributed by atoms with Gasteiger partial charge in [0.2, 0.25) is 5.91 Å². The molecule has 0 saturated carbocycles. The van der Waals surface area contributed by atoms with Crippen molar-refractivity contribution in [1.82, 2.24) is 14.8 Å². The van der Waals surface area contributed by atoms with Crippen molar-refractivity contribution in [2.24, 2.45) is 0 Å². The van der Waals surface area contributed by atoms with Gasteiger partial charge in [-0.1, -0.05) is 76.2 Å². The Balaban J connectivity index is 1.53. The van der Waals surface area contributed by atoms with Crippen LogP contribution >= 0.6 is 27.7 Å². The first-order chi connectivity index (χ1) is 15.1. The van der Waals surface area contributed by atoms with Gasteiger partial charge < -0.3 is 5.32 Å². The number of hydrogen-bond acceptors (Lipinski definition) is 4. The van der Waals surface area contributed by atoms with Crippen molar-refractivity contribution in [3.8, 4) is 5.69 Å². The number of aromatic nitrogens is 3. The van der Waals surface area contributed by atoms with Crippen molar-refractivity contribution in [3.63, 3.8) is 0 Å². The molecular weight excluding hydrogens is 479 g/mol. The van der Waals surface area contributed by atoms with E-state index in [0.29, 0.717) is 16.0 Å². The molecule has 1 heterocycles. The van der Waals surface area contributed by atoms with Crippen LogP contribution in [0, 0.1) is 5.82 Å². The second-order valence-corrected chi connectivity index (χ2v) is 8.55. The highest BCUT2D eigenvalue weighted by Gasteiger charge is 2.17. The molecule has 8 heteroatoms. The molecule has 5 nitrogen and oxygen atoms in total. The summed E-state index contributed by atoms with van der Waals surface area (Å²) in [6, 6.07) is 24.3. The minimum Gasteiger partial charge on any atom is -0.323 e. The number of thioether (sulfide) groups is 1. The number of nitrogens with zero attached hydrogens (tertiary/aromatic N) is 3. The Morgan fingerprint density at radius 1 is 1.00 bits per heavy atom. The summed E-state index contributed by atoms with van der Waals surface area (Å²) in [5.41, 5.74) is 2.18. The second-order valence-electron chi connectivity index (χ2n) is 6.69. The van der Waals surface area contributed by atoms with Crippen LogP contribution in [-0.2, 0) is 11.2 Å². The minimum absolute atomic E-state index is 0.0752. The largest absolute Gasteiger partial charge is 0.323 e. The molecule has 0 aliphatic heterocycles. The number of carbonyl (C=O) groups is 1. The Morgan fingerprint density at radius 2 is 1.71 bits per heavy atom. The Labute approximate surface area is 191 Å². The van der Waals surface area contributed by atoms with Crippen molar-refractivity contribution >= 4 is 39.3 Å². The molecule has 156 valence electrons. The number of hydrogen-bond donors (Lipinski definition) is 1. The number of para-hydroxylation sites is 1. The highest BCUT2D eigenvalue weighted by molar-refractivity contribution is 9.10. The van der Waals surface area contributed by atoms with E-state index in [1.807, 2.05) is 65.2 Å². The fourth-order valence-corrected chi connectivity index (χ4v) is 4.13. The van der Waals surface area contributed by atoms with Crippen molar-refractivity contribution in [1.29, 1.82) is 0 Å². The molecule has 0 radical (unpaired) electrons. The Hall–Kier alpha value is -2.97. The first kappa shape index (κ1) is 21.3. The summed E-state index contributed by atoms with van der Waals surface area (Å²) >= 11 is 4.46. The zero-order valence-corrected chi connectivity index (χ0v) is 18.7. The van der Waals surface area contributed by atoms with Crippen molar-refractivity contribution < 1.29 is 9.18 Å². The van der Waals surface area contributed by atoms with Gasteiger partial charge in [0.15, 0.2) is 5.16 Å². The molecule has 3 aromatic carbocycles. The lowest BCUT2D eigenvalue weighted by Crippen LogP contribution is -2.15. The molecule has 0 unspecified atom stereocenters. The molecule has 4 aromatic rings. The number of benzene rings is 3. The molecule has 0 fully saturated rings. The van der Waals surface area contributed by atoms with Crippen LogP contribution in [0.3, 0.4) is 0 Å². The van der Waals surface area contributed by atoms with Crippen molar-refractivity contribution in [2.75, 3.05) is 11.1 Å². The topological polar surface area (TPSA) is 59.8 Å². The first-order valence-corrected chi connectivity index (χ1v) is 11.3. The maximum absolute atomic E-state index is 14.0. The molecule has 0 atom stereocenters. The van der Waals surface area contributed by atoms with E-state index in [-0.39, 0.29) is 17.3 Å². The van der Waals surface area contributed by atoms with Gasteiger partial charge in [-0.15, -0.1) is 10.2 Å². The van der Waals surface area contributed by atoms with E-state index >= 15 is 0 Å². The molecule has 4 rings (SSSR count). The standard InChI is InChI=1S/C23H18BrFN4OS/c24-17-11-12-20(19(25)14-17)26-22(30)15-31-23-28-27-21(13-16-7-3-1-4-8-16)29(23)18-9-5-2-6-10-18/h1-12,14H,13,15H2,(H,26,30). The van der Waals surface area contributed by atoms with Gasteiger partial charge in [0.1, 0.15) is 11.6 Å². The normalized spacial score (nSPS) is 10.8. The van der Waals surface area contributed by atoms with Gasteiger partial charge in [0, 0.05) is 16.6 Å². The van der Waals surface area contributed by atoms with Crippen LogP contribution in [0.15, 0.2) is 88.5 Å². The third-order valence-electron chi connectivity index (χ3n) is 4.46. The smallest absolute Gasteiger partial charge is 0.234 e. The monoisotopic (exact) mass is 496 g/mol. The number of nitrogens with one attached hydrogen (secondary N) is 1. The van der Waals surface area contributed by atoms with Gasteiger partial charge in [-0.25, -0.2) is 4.39 Å². The molecule has 31 heavy (non-hydrogen) atoms. The molecule has 1 N–H and O–H groups in total. The van der Waals surface area contributed by atoms with E-state index in [1.165, 1.54) is 23.9 Å². The Kier molecular flexibility index (Phi) is 6.79. The van der Waals surface area contributed by atoms with E-state index in [2.05, 4.69) is 31.4 Å².